The van der Waals surface area contributed by atoms with Crippen LogP contribution in [0.15, 0.2) is 12.1 Å². The van der Waals surface area contributed by atoms with Crippen LogP contribution in [0.4, 0.5) is 0 Å². The van der Waals surface area contributed by atoms with Crippen LogP contribution in [0.25, 0.3) is 11.1 Å². The van der Waals surface area contributed by atoms with E-state index in [0.717, 1.165) is 11.1 Å². The second-order valence-corrected chi connectivity index (χ2v) is 7.77. The van der Waals surface area contributed by atoms with Crippen molar-refractivity contribution in [2.24, 2.45) is 11.8 Å². The highest BCUT2D eigenvalue weighted by Crippen LogP contribution is 2.57. The lowest BCUT2D eigenvalue weighted by Gasteiger charge is -2.33. The van der Waals surface area contributed by atoms with E-state index in [1.165, 1.54) is 0 Å². The van der Waals surface area contributed by atoms with Gasteiger partial charge in [-0.25, -0.2) is 0 Å². The Labute approximate surface area is 183 Å². The van der Waals surface area contributed by atoms with Crippen LogP contribution in [-0.2, 0) is 6.42 Å². The summed E-state index contributed by atoms with van der Waals surface area (Å²) >= 11 is 0. The van der Waals surface area contributed by atoms with Gasteiger partial charge >= 0.3 is 0 Å². The third-order valence-electron chi connectivity index (χ3n) is 6.28. The van der Waals surface area contributed by atoms with Gasteiger partial charge in [-0.05, 0) is 41.5 Å². The minimum Gasteiger partial charge on any atom is -0.493 e. The van der Waals surface area contributed by atoms with E-state index in [2.05, 4.69) is 6.92 Å². The maximum Gasteiger partial charge on any atom is 0.203 e. The number of hydrogen-bond acceptors (Lipinski definition) is 7. The SMILES string of the molecule is COc1cc2c(c(OC)c1OC)-c1c(cc(OC)c(OC)c1OC)[C@H](O)[C@@H](C)[C@@H](C)C2. The van der Waals surface area contributed by atoms with Crippen molar-refractivity contribution in [1.29, 1.82) is 0 Å². The van der Waals surface area contributed by atoms with E-state index in [0.29, 0.717) is 52.0 Å². The first-order valence-electron chi connectivity index (χ1n) is 10.2. The molecule has 7 heteroatoms. The Balaban J connectivity index is 2.56. The third kappa shape index (κ3) is 3.61. The summed E-state index contributed by atoms with van der Waals surface area (Å²) in [6, 6.07) is 3.79. The van der Waals surface area contributed by atoms with Crippen molar-refractivity contribution in [1.82, 2.24) is 0 Å². The summed E-state index contributed by atoms with van der Waals surface area (Å²) in [6.07, 6.45) is -0.0361. The number of methoxy groups -OCH3 is 6. The molecule has 0 fully saturated rings. The van der Waals surface area contributed by atoms with Gasteiger partial charge in [-0.15, -0.1) is 0 Å². The standard InChI is InChI=1S/C24H32O7/c1-12-9-14-10-16(26-3)21(28-5)23(30-7)18(14)19-15(20(25)13(12)2)11-17(27-4)22(29-6)24(19)31-8/h10-13,20,25H,9H2,1-8H3/t12-,13-,20+/m0/s1. The number of aliphatic hydroxyl groups is 1. The molecular formula is C24H32O7. The van der Waals surface area contributed by atoms with Crippen molar-refractivity contribution in [3.05, 3.63) is 23.3 Å². The van der Waals surface area contributed by atoms with Crippen molar-refractivity contribution in [3.8, 4) is 45.6 Å². The molecule has 0 aromatic heterocycles. The lowest BCUT2D eigenvalue weighted by Crippen LogP contribution is -2.23. The summed E-state index contributed by atoms with van der Waals surface area (Å²) in [7, 11) is 9.46. The van der Waals surface area contributed by atoms with Crippen LogP contribution in [0.3, 0.4) is 0 Å². The zero-order valence-electron chi connectivity index (χ0n) is 19.5. The molecule has 2 aromatic carbocycles. The average Bonchev–Trinajstić information content (AvgIpc) is 2.79. The minimum absolute atomic E-state index is 0.0196. The fourth-order valence-corrected chi connectivity index (χ4v) is 4.44. The number of fused-ring (bicyclic) bond motifs is 3. The van der Waals surface area contributed by atoms with Crippen molar-refractivity contribution in [2.45, 2.75) is 26.4 Å². The Morgan fingerprint density at radius 3 is 1.65 bits per heavy atom. The third-order valence-corrected chi connectivity index (χ3v) is 6.28. The number of benzene rings is 2. The molecule has 0 aliphatic heterocycles. The first kappa shape index (κ1) is 22.9. The molecule has 1 aliphatic rings. The van der Waals surface area contributed by atoms with Crippen LogP contribution in [-0.4, -0.2) is 47.8 Å². The summed E-state index contributed by atoms with van der Waals surface area (Å²) < 4.78 is 34.1. The molecule has 0 heterocycles. The fraction of sp³-hybridized carbons (Fsp3) is 0.500. The molecule has 170 valence electrons. The molecule has 31 heavy (non-hydrogen) atoms. The smallest absolute Gasteiger partial charge is 0.203 e. The molecule has 0 spiro atoms. The van der Waals surface area contributed by atoms with Crippen molar-refractivity contribution < 1.29 is 33.5 Å². The molecular weight excluding hydrogens is 400 g/mol. The van der Waals surface area contributed by atoms with Gasteiger partial charge in [0.2, 0.25) is 11.5 Å². The predicted octanol–water partition coefficient (Wildman–Crippen LogP) is 4.27. The monoisotopic (exact) mass is 432 g/mol. The predicted molar refractivity (Wildman–Crippen MR) is 118 cm³/mol. The van der Waals surface area contributed by atoms with Crippen molar-refractivity contribution in [2.75, 3.05) is 42.7 Å². The Hall–Kier alpha value is -2.80. The van der Waals surface area contributed by atoms with Crippen LogP contribution in [0.5, 0.6) is 34.5 Å². The molecule has 3 rings (SSSR count). The van der Waals surface area contributed by atoms with E-state index in [9.17, 15) is 5.11 Å². The van der Waals surface area contributed by atoms with Gasteiger partial charge in [-0.3, -0.25) is 0 Å². The number of rotatable bonds is 6. The Bertz CT molecular complexity index is 954. The van der Waals surface area contributed by atoms with Crippen LogP contribution in [0.1, 0.15) is 31.1 Å². The second-order valence-electron chi connectivity index (χ2n) is 7.77. The van der Waals surface area contributed by atoms with Gasteiger partial charge in [0.15, 0.2) is 23.0 Å². The lowest BCUT2D eigenvalue weighted by atomic mass is 9.76. The zero-order chi connectivity index (χ0) is 22.9. The Morgan fingerprint density at radius 2 is 1.16 bits per heavy atom. The largest absolute Gasteiger partial charge is 0.493 e. The Kier molecular flexibility index (Phi) is 6.74. The molecule has 0 saturated heterocycles. The first-order chi connectivity index (χ1) is 14.9. The highest BCUT2D eigenvalue weighted by Gasteiger charge is 2.36. The molecule has 0 unspecified atom stereocenters. The zero-order valence-corrected chi connectivity index (χ0v) is 19.5. The van der Waals surface area contributed by atoms with Crippen molar-refractivity contribution in [3.63, 3.8) is 0 Å². The van der Waals surface area contributed by atoms with Gasteiger partial charge in [0.05, 0.1) is 48.8 Å². The van der Waals surface area contributed by atoms with E-state index < -0.39 is 6.10 Å². The maximum atomic E-state index is 11.4. The van der Waals surface area contributed by atoms with Crippen LogP contribution >= 0.6 is 0 Å². The normalized spacial score (nSPS) is 20.0. The van der Waals surface area contributed by atoms with E-state index in [4.69, 9.17) is 28.4 Å². The van der Waals surface area contributed by atoms with Gasteiger partial charge in [0.1, 0.15) is 0 Å². The van der Waals surface area contributed by atoms with Gasteiger partial charge in [-0.2, -0.15) is 0 Å². The van der Waals surface area contributed by atoms with E-state index in [-0.39, 0.29) is 11.8 Å². The molecule has 1 aliphatic carbocycles. The molecule has 7 nitrogen and oxygen atoms in total. The molecule has 0 bridgehead atoms. The van der Waals surface area contributed by atoms with E-state index >= 15 is 0 Å². The highest BCUT2D eigenvalue weighted by atomic mass is 16.5. The van der Waals surface area contributed by atoms with Gasteiger partial charge in [-0.1, -0.05) is 13.8 Å². The molecule has 2 aromatic rings. The fourth-order valence-electron chi connectivity index (χ4n) is 4.44. The highest BCUT2D eigenvalue weighted by molar-refractivity contribution is 5.88. The second kappa shape index (κ2) is 9.14. The van der Waals surface area contributed by atoms with Crippen LogP contribution in [0.2, 0.25) is 0 Å². The topological polar surface area (TPSA) is 75.6 Å². The summed E-state index contributed by atoms with van der Waals surface area (Å²) in [5, 5.41) is 11.4. The van der Waals surface area contributed by atoms with E-state index in [1.54, 1.807) is 42.7 Å². The van der Waals surface area contributed by atoms with Crippen LogP contribution in [0, 0.1) is 11.8 Å². The van der Waals surface area contributed by atoms with Crippen molar-refractivity contribution >= 4 is 0 Å². The van der Waals surface area contributed by atoms with Gasteiger partial charge in [0.25, 0.3) is 0 Å². The molecule has 0 saturated carbocycles. The number of ether oxygens (including phenoxy) is 6. The summed E-state index contributed by atoms with van der Waals surface area (Å²) in [6.45, 7) is 4.18. The molecule has 0 radical (unpaired) electrons. The molecule has 1 N–H and O–H groups in total. The first-order valence-corrected chi connectivity index (χ1v) is 10.2. The molecule has 3 atom stereocenters. The number of hydrogen-bond donors (Lipinski definition) is 1. The lowest BCUT2D eigenvalue weighted by molar-refractivity contribution is 0.0862. The van der Waals surface area contributed by atoms with E-state index in [1.807, 2.05) is 19.1 Å². The summed E-state index contributed by atoms with van der Waals surface area (Å²) in [4.78, 5) is 0. The summed E-state index contributed by atoms with van der Waals surface area (Å²) in [5.41, 5.74) is 3.16. The summed E-state index contributed by atoms with van der Waals surface area (Å²) in [5.74, 6) is 3.13. The quantitative estimate of drug-likeness (QED) is 0.731. The Morgan fingerprint density at radius 1 is 0.677 bits per heavy atom. The minimum atomic E-state index is -0.746. The molecule has 0 amide bonds. The van der Waals surface area contributed by atoms with Crippen LogP contribution < -0.4 is 28.4 Å². The maximum absolute atomic E-state index is 11.4. The number of aliphatic hydroxyl groups excluding tert-OH is 1. The average molecular weight is 433 g/mol. The van der Waals surface area contributed by atoms with Gasteiger partial charge < -0.3 is 33.5 Å². The van der Waals surface area contributed by atoms with Gasteiger partial charge in [0, 0.05) is 11.1 Å².